The molecule has 4 nitrogen and oxygen atoms in total. The number of nitrogens with one attached hydrogen (secondary N) is 1. The summed E-state index contributed by atoms with van der Waals surface area (Å²) in [6, 6.07) is 8.04. The van der Waals surface area contributed by atoms with Crippen LogP contribution >= 0.6 is 27.3 Å². The molecule has 0 radical (unpaired) electrons. The Morgan fingerprint density at radius 3 is 2.54 bits per heavy atom. The minimum atomic E-state index is -0.534. The largest absolute Gasteiger partial charge is 0.365 e. The molecule has 0 saturated heterocycles. The van der Waals surface area contributed by atoms with E-state index in [2.05, 4.69) is 28.2 Å². The van der Waals surface area contributed by atoms with Crippen LogP contribution in [0.3, 0.4) is 0 Å². The summed E-state index contributed by atoms with van der Waals surface area (Å²) in [6.07, 6.45) is 6.59. The third-order valence-electron chi connectivity index (χ3n) is 6.27. The molecule has 2 amide bonds. The smallest absolute Gasteiger partial charge is 0.251 e. The van der Waals surface area contributed by atoms with Crippen molar-refractivity contribution in [3.63, 3.8) is 0 Å². The minimum Gasteiger partial charge on any atom is -0.365 e. The van der Waals surface area contributed by atoms with Crippen LogP contribution in [0.1, 0.15) is 65.4 Å². The Labute approximate surface area is 178 Å². The molecule has 0 spiro atoms. The second-order valence-corrected chi connectivity index (χ2v) is 10.2. The van der Waals surface area contributed by atoms with Crippen molar-refractivity contribution in [1.82, 2.24) is 0 Å². The number of rotatable bonds is 4. The second-order valence-electron chi connectivity index (χ2n) is 8.17. The van der Waals surface area contributed by atoms with Crippen molar-refractivity contribution >= 4 is 44.1 Å². The average Bonchev–Trinajstić information content (AvgIpc) is 3.27. The van der Waals surface area contributed by atoms with Crippen molar-refractivity contribution in [1.29, 1.82) is 0 Å². The Bertz CT molecular complexity index is 913. The monoisotopic (exact) mass is 460 g/mol. The van der Waals surface area contributed by atoms with Crippen molar-refractivity contribution in [3.8, 4) is 0 Å². The van der Waals surface area contributed by atoms with E-state index in [1.54, 1.807) is 0 Å². The summed E-state index contributed by atoms with van der Waals surface area (Å²) in [7, 11) is 0. The van der Waals surface area contributed by atoms with Gasteiger partial charge in [0, 0.05) is 9.35 Å². The minimum absolute atomic E-state index is 0.0125. The molecule has 28 heavy (non-hydrogen) atoms. The van der Waals surface area contributed by atoms with Gasteiger partial charge in [-0.25, -0.2) is 0 Å². The van der Waals surface area contributed by atoms with E-state index in [9.17, 15) is 9.59 Å². The summed E-state index contributed by atoms with van der Waals surface area (Å²) in [5.74, 6) is 0.146. The molecule has 0 bridgehead atoms. The van der Waals surface area contributed by atoms with Crippen LogP contribution in [-0.4, -0.2) is 11.8 Å². The van der Waals surface area contributed by atoms with E-state index in [1.807, 2.05) is 24.3 Å². The Morgan fingerprint density at radius 1 is 1.21 bits per heavy atom. The molecule has 2 aliphatic carbocycles. The maximum Gasteiger partial charge on any atom is 0.251 e. The Kier molecular flexibility index (Phi) is 5.36. The van der Waals surface area contributed by atoms with Crippen LogP contribution in [0, 0.1) is 5.92 Å². The van der Waals surface area contributed by atoms with Gasteiger partial charge in [-0.15, -0.1) is 11.3 Å². The maximum atomic E-state index is 13.5. The number of amides is 2. The van der Waals surface area contributed by atoms with Crippen LogP contribution in [0.4, 0.5) is 5.00 Å². The van der Waals surface area contributed by atoms with Gasteiger partial charge >= 0.3 is 0 Å². The highest BCUT2D eigenvalue weighted by atomic mass is 79.9. The van der Waals surface area contributed by atoms with Crippen molar-refractivity contribution in [2.24, 2.45) is 11.7 Å². The molecule has 0 unspecified atom stereocenters. The molecule has 1 heterocycles. The Balaban J connectivity index is 1.69. The van der Waals surface area contributed by atoms with Crippen LogP contribution in [0.25, 0.3) is 0 Å². The Hall–Kier alpha value is -1.66. The highest BCUT2D eigenvalue weighted by Gasteiger charge is 2.43. The summed E-state index contributed by atoms with van der Waals surface area (Å²) in [5, 5.41) is 3.77. The van der Waals surface area contributed by atoms with Gasteiger partial charge in [-0.3, -0.25) is 9.59 Å². The van der Waals surface area contributed by atoms with E-state index >= 15 is 0 Å². The molecule has 1 atom stereocenters. The van der Waals surface area contributed by atoms with Gasteiger partial charge in [0.25, 0.3) is 5.91 Å². The van der Waals surface area contributed by atoms with Gasteiger partial charge in [-0.1, -0.05) is 47.8 Å². The van der Waals surface area contributed by atoms with E-state index in [1.165, 1.54) is 16.2 Å². The van der Waals surface area contributed by atoms with E-state index < -0.39 is 11.3 Å². The van der Waals surface area contributed by atoms with E-state index in [0.717, 1.165) is 60.5 Å². The maximum absolute atomic E-state index is 13.5. The summed E-state index contributed by atoms with van der Waals surface area (Å²) < 4.78 is 1.00. The van der Waals surface area contributed by atoms with E-state index in [0.29, 0.717) is 16.5 Å². The van der Waals surface area contributed by atoms with Crippen LogP contribution < -0.4 is 11.1 Å². The van der Waals surface area contributed by atoms with Crippen LogP contribution in [-0.2, 0) is 23.1 Å². The molecule has 4 rings (SSSR count). The molecule has 2 aliphatic rings. The van der Waals surface area contributed by atoms with Crippen LogP contribution in [0.5, 0.6) is 0 Å². The number of anilines is 1. The first-order valence-corrected chi connectivity index (χ1v) is 11.5. The lowest BCUT2D eigenvalue weighted by atomic mass is 9.78. The molecule has 148 valence electrons. The zero-order chi connectivity index (χ0) is 19.9. The molecule has 1 saturated carbocycles. The first-order valence-electron chi connectivity index (χ1n) is 9.92. The first-order chi connectivity index (χ1) is 13.4. The van der Waals surface area contributed by atoms with Crippen molar-refractivity contribution in [3.05, 3.63) is 50.3 Å². The first kappa shape index (κ1) is 19.6. The summed E-state index contributed by atoms with van der Waals surface area (Å²) in [6.45, 7) is 2.23. The number of carbonyl (C=O) groups excluding carboxylic acids is 2. The number of carbonyl (C=O) groups is 2. The lowest BCUT2D eigenvalue weighted by molar-refractivity contribution is -0.121. The van der Waals surface area contributed by atoms with Crippen molar-refractivity contribution in [2.75, 3.05) is 5.32 Å². The van der Waals surface area contributed by atoms with Gasteiger partial charge in [0.05, 0.1) is 11.0 Å². The van der Waals surface area contributed by atoms with Gasteiger partial charge < -0.3 is 11.1 Å². The number of fused-ring (bicyclic) bond motifs is 1. The van der Waals surface area contributed by atoms with Gasteiger partial charge in [0.2, 0.25) is 5.91 Å². The number of halogens is 1. The van der Waals surface area contributed by atoms with Crippen LogP contribution in [0.15, 0.2) is 28.7 Å². The lowest BCUT2D eigenvalue weighted by Gasteiger charge is -2.28. The van der Waals surface area contributed by atoms with Crippen molar-refractivity contribution in [2.45, 2.75) is 57.3 Å². The SMILES string of the molecule is C[C@@H]1CCc2c(sc(NC(=O)C3(c4ccc(Br)cc4)CCCC3)c2C(N)=O)C1. The predicted molar refractivity (Wildman–Crippen MR) is 117 cm³/mol. The molecule has 1 fully saturated rings. The molecule has 1 aromatic heterocycles. The van der Waals surface area contributed by atoms with Crippen LogP contribution in [0.2, 0.25) is 0 Å². The number of primary amides is 1. The topological polar surface area (TPSA) is 72.2 Å². The normalized spacial score (nSPS) is 20.6. The molecule has 0 aliphatic heterocycles. The van der Waals surface area contributed by atoms with E-state index in [-0.39, 0.29) is 5.91 Å². The highest BCUT2D eigenvalue weighted by Crippen LogP contribution is 2.44. The summed E-state index contributed by atoms with van der Waals surface area (Å²) >= 11 is 5.01. The van der Waals surface area contributed by atoms with Gasteiger partial charge in [0.15, 0.2) is 0 Å². The number of hydrogen-bond donors (Lipinski definition) is 2. The molecule has 2 aromatic rings. The fourth-order valence-corrected chi connectivity index (χ4v) is 6.39. The standard InChI is InChI=1S/C22H25BrN2O2S/c1-13-4-9-16-17(12-13)28-20(18(16)19(24)26)25-21(27)22(10-2-3-11-22)14-5-7-15(23)8-6-14/h5-8,13H,2-4,9-12H2,1H3,(H2,24,26)(H,25,27)/t13-/m1/s1. The fraction of sp³-hybridized carbons (Fsp3) is 0.455. The molecule has 1 aromatic carbocycles. The predicted octanol–water partition coefficient (Wildman–Crippen LogP) is 5.18. The lowest BCUT2D eigenvalue weighted by Crippen LogP contribution is -2.38. The third kappa shape index (κ3) is 3.41. The number of benzene rings is 1. The molecule has 6 heteroatoms. The molecular formula is C22H25BrN2O2S. The number of nitrogens with two attached hydrogens (primary N) is 1. The summed E-state index contributed by atoms with van der Waals surface area (Å²) in [5.41, 5.74) is 7.81. The fourth-order valence-electron chi connectivity index (χ4n) is 4.72. The van der Waals surface area contributed by atoms with Crippen molar-refractivity contribution < 1.29 is 9.59 Å². The zero-order valence-corrected chi connectivity index (χ0v) is 18.4. The van der Waals surface area contributed by atoms with E-state index in [4.69, 9.17) is 5.73 Å². The molecular weight excluding hydrogens is 436 g/mol. The zero-order valence-electron chi connectivity index (χ0n) is 16.0. The van der Waals surface area contributed by atoms with Gasteiger partial charge in [-0.2, -0.15) is 0 Å². The molecule has 3 N–H and O–H groups in total. The second kappa shape index (κ2) is 7.64. The summed E-state index contributed by atoms with van der Waals surface area (Å²) in [4.78, 5) is 26.9. The average molecular weight is 461 g/mol. The quantitative estimate of drug-likeness (QED) is 0.658. The van der Waals surface area contributed by atoms with Gasteiger partial charge in [0.1, 0.15) is 5.00 Å². The number of thiophene rings is 1. The van der Waals surface area contributed by atoms with Gasteiger partial charge in [-0.05, 0) is 61.3 Å². The third-order valence-corrected chi connectivity index (χ3v) is 7.97. The highest BCUT2D eigenvalue weighted by molar-refractivity contribution is 9.10. The Morgan fingerprint density at radius 2 is 1.89 bits per heavy atom. The number of hydrogen-bond acceptors (Lipinski definition) is 3.